The Kier molecular flexibility index (Phi) is 5.44. The number of benzene rings is 2. The summed E-state index contributed by atoms with van der Waals surface area (Å²) in [6.45, 7) is 2.14. The lowest BCUT2D eigenvalue weighted by atomic mass is 9.85. The van der Waals surface area contributed by atoms with Crippen LogP contribution in [0.25, 0.3) is 0 Å². The van der Waals surface area contributed by atoms with Gasteiger partial charge in [0.2, 0.25) is 0 Å². The minimum absolute atomic E-state index is 0.0754. The van der Waals surface area contributed by atoms with Gasteiger partial charge in [-0.25, -0.2) is 0 Å². The van der Waals surface area contributed by atoms with Crippen LogP contribution in [0.1, 0.15) is 36.4 Å². The standard InChI is InChI=1S/C16H18Cl2N2/c1-2-13(11-6-4-3-5-7-11)16(20-19)14-10-12(17)8-9-15(14)18/h3-10,13,16,20H,2,19H2,1H3. The van der Waals surface area contributed by atoms with Gasteiger partial charge in [-0.1, -0.05) is 60.5 Å². The predicted molar refractivity (Wildman–Crippen MR) is 86.0 cm³/mol. The van der Waals surface area contributed by atoms with E-state index in [9.17, 15) is 0 Å². The Hall–Kier alpha value is -1.06. The van der Waals surface area contributed by atoms with E-state index in [1.807, 2.05) is 24.3 Å². The fourth-order valence-electron chi connectivity index (χ4n) is 2.54. The van der Waals surface area contributed by atoms with Crippen LogP contribution in [0.5, 0.6) is 0 Å². The Morgan fingerprint density at radius 3 is 2.40 bits per heavy atom. The minimum Gasteiger partial charge on any atom is -0.271 e. The molecule has 0 heterocycles. The summed E-state index contributed by atoms with van der Waals surface area (Å²) >= 11 is 12.4. The van der Waals surface area contributed by atoms with Gasteiger partial charge in [0.05, 0.1) is 6.04 Å². The van der Waals surface area contributed by atoms with Crippen LogP contribution in [0.2, 0.25) is 10.0 Å². The molecule has 0 spiro atoms. The maximum Gasteiger partial charge on any atom is 0.0543 e. The molecule has 0 aliphatic rings. The highest BCUT2D eigenvalue weighted by atomic mass is 35.5. The molecular formula is C16H18Cl2N2. The lowest BCUT2D eigenvalue weighted by molar-refractivity contribution is 0.445. The van der Waals surface area contributed by atoms with Gasteiger partial charge in [0, 0.05) is 16.0 Å². The highest BCUT2D eigenvalue weighted by Gasteiger charge is 2.24. The highest BCUT2D eigenvalue weighted by molar-refractivity contribution is 6.33. The maximum absolute atomic E-state index is 6.30. The fraction of sp³-hybridized carbons (Fsp3) is 0.250. The topological polar surface area (TPSA) is 38.0 Å². The largest absolute Gasteiger partial charge is 0.271 e. The van der Waals surface area contributed by atoms with E-state index >= 15 is 0 Å². The van der Waals surface area contributed by atoms with Crippen LogP contribution in [0, 0.1) is 0 Å². The van der Waals surface area contributed by atoms with Gasteiger partial charge in [0.1, 0.15) is 0 Å². The van der Waals surface area contributed by atoms with Crippen molar-refractivity contribution in [3.8, 4) is 0 Å². The zero-order chi connectivity index (χ0) is 14.5. The summed E-state index contributed by atoms with van der Waals surface area (Å²) in [5.41, 5.74) is 5.05. The van der Waals surface area contributed by atoms with Gasteiger partial charge in [0.15, 0.2) is 0 Å². The van der Waals surface area contributed by atoms with Gasteiger partial charge in [0.25, 0.3) is 0 Å². The van der Waals surface area contributed by atoms with Crippen molar-refractivity contribution in [2.24, 2.45) is 5.84 Å². The van der Waals surface area contributed by atoms with Crippen LogP contribution in [0.4, 0.5) is 0 Å². The molecule has 0 aliphatic heterocycles. The van der Waals surface area contributed by atoms with E-state index in [0.29, 0.717) is 10.0 Å². The zero-order valence-electron chi connectivity index (χ0n) is 11.3. The second-order valence-corrected chi connectivity index (χ2v) is 5.58. The number of halogens is 2. The molecule has 0 bridgehead atoms. The first-order valence-corrected chi connectivity index (χ1v) is 7.39. The first kappa shape index (κ1) is 15.3. The van der Waals surface area contributed by atoms with Crippen molar-refractivity contribution in [3.05, 3.63) is 69.7 Å². The number of rotatable bonds is 5. The van der Waals surface area contributed by atoms with Gasteiger partial charge < -0.3 is 0 Å². The summed E-state index contributed by atoms with van der Waals surface area (Å²) in [6.07, 6.45) is 0.946. The van der Waals surface area contributed by atoms with E-state index in [-0.39, 0.29) is 12.0 Å². The number of nitrogens with two attached hydrogens (primary N) is 1. The molecule has 0 fully saturated rings. The monoisotopic (exact) mass is 308 g/mol. The Morgan fingerprint density at radius 2 is 1.80 bits per heavy atom. The van der Waals surface area contributed by atoms with Crippen molar-refractivity contribution in [3.63, 3.8) is 0 Å². The molecule has 0 saturated heterocycles. The zero-order valence-corrected chi connectivity index (χ0v) is 12.8. The van der Waals surface area contributed by atoms with Crippen molar-refractivity contribution in [2.75, 3.05) is 0 Å². The van der Waals surface area contributed by atoms with Crippen molar-refractivity contribution >= 4 is 23.2 Å². The number of nitrogens with one attached hydrogen (secondary N) is 1. The van der Waals surface area contributed by atoms with Gasteiger partial charge >= 0.3 is 0 Å². The van der Waals surface area contributed by atoms with E-state index in [2.05, 4.69) is 24.5 Å². The summed E-state index contributed by atoms with van der Waals surface area (Å²) in [7, 11) is 0. The minimum atomic E-state index is -0.0754. The normalized spacial score (nSPS) is 14.0. The first-order chi connectivity index (χ1) is 9.67. The summed E-state index contributed by atoms with van der Waals surface area (Å²) in [5, 5.41) is 1.33. The van der Waals surface area contributed by atoms with Crippen LogP contribution in [-0.2, 0) is 0 Å². The Balaban J connectivity index is 2.42. The predicted octanol–water partition coefficient (Wildman–Crippen LogP) is 4.69. The van der Waals surface area contributed by atoms with Crippen LogP contribution >= 0.6 is 23.2 Å². The Labute approximate surface area is 129 Å². The summed E-state index contributed by atoms with van der Waals surface area (Å²) in [4.78, 5) is 0. The molecule has 106 valence electrons. The van der Waals surface area contributed by atoms with E-state index in [0.717, 1.165) is 12.0 Å². The van der Waals surface area contributed by atoms with Crippen LogP contribution in [-0.4, -0.2) is 0 Å². The first-order valence-electron chi connectivity index (χ1n) is 6.63. The van der Waals surface area contributed by atoms with Crippen LogP contribution in [0.3, 0.4) is 0 Å². The molecule has 2 nitrogen and oxygen atoms in total. The van der Waals surface area contributed by atoms with E-state index in [1.54, 1.807) is 12.1 Å². The average molecular weight is 309 g/mol. The molecule has 0 radical (unpaired) electrons. The van der Waals surface area contributed by atoms with Crippen molar-refractivity contribution in [2.45, 2.75) is 25.3 Å². The molecule has 4 heteroatoms. The molecule has 20 heavy (non-hydrogen) atoms. The van der Waals surface area contributed by atoms with Crippen molar-refractivity contribution in [1.29, 1.82) is 0 Å². The molecule has 0 saturated carbocycles. The molecule has 2 rings (SSSR count). The molecule has 3 N–H and O–H groups in total. The molecule has 2 atom stereocenters. The number of hydrazine groups is 1. The summed E-state index contributed by atoms with van der Waals surface area (Å²) in [6, 6.07) is 15.7. The van der Waals surface area contributed by atoms with Gasteiger partial charge in [-0.15, -0.1) is 0 Å². The molecule has 2 aromatic rings. The fourth-order valence-corrected chi connectivity index (χ4v) is 2.96. The quantitative estimate of drug-likeness (QED) is 0.621. The van der Waals surface area contributed by atoms with E-state index < -0.39 is 0 Å². The molecular weight excluding hydrogens is 291 g/mol. The Morgan fingerprint density at radius 1 is 1.10 bits per heavy atom. The second kappa shape index (κ2) is 7.09. The van der Waals surface area contributed by atoms with Crippen molar-refractivity contribution < 1.29 is 0 Å². The van der Waals surface area contributed by atoms with Gasteiger partial charge in [-0.3, -0.25) is 11.3 Å². The molecule has 0 amide bonds. The highest BCUT2D eigenvalue weighted by Crippen LogP contribution is 2.37. The number of hydrogen-bond acceptors (Lipinski definition) is 2. The summed E-state index contributed by atoms with van der Waals surface area (Å²) in [5.74, 6) is 6.02. The van der Waals surface area contributed by atoms with Gasteiger partial charge in [-0.05, 0) is 35.7 Å². The number of hydrogen-bond donors (Lipinski definition) is 2. The third-order valence-electron chi connectivity index (χ3n) is 3.54. The maximum atomic E-state index is 6.30. The van der Waals surface area contributed by atoms with Crippen molar-refractivity contribution in [1.82, 2.24) is 5.43 Å². The molecule has 2 unspecified atom stereocenters. The van der Waals surface area contributed by atoms with Gasteiger partial charge in [-0.2, -0.15) is 0 Å². The lowest BCUT2D eigenvalue weighted by Crippen LogP contribution is -2.32. The van der Waals surface area contributed by atoms with Crippen LogP contribution < -0.4 is 11.3 Å². The SMILES string of the molecule is CCC(c1ccccc1)C(NN)c1cc(Cl)ccc1Cl. The molecule has 2 aromatic carbocycles. The Bertz CT molecular complexity index is 558. The second-order valence-electron chi connectivity index (χ2n) is 4.74. The third kappa shape index (κ3) is 3.33. The third-order valence-corrected chi connectivity index (χ3v) is 4.12. The molecule has 0 aliphatic carbocycles. The average Bonchev–Trinajstić information content (AvgIpc) is 2.48. The van der Waals surface area contributed by atoms with E-state index in [1.165, 1.54) is 5.56 Å². The lowest BCUT2D eigenvalue weighted by Gasteiger charge is -2.27. The van der Waals surface area contributed by atoms with E-state index in [4.69, 9.17) is 29.0 Å². The molecule has 0 aromatic heterocycles. The van der Waals surface area contributed by atoms with Crippen LogP contribution in [0.15, 0.2) is 48.5 Å². The summed E-state index contributed by atoms with van der Waals surface area (Å²) < 4.78 is 0. The smallest absolute Gasteiger partial charge is 0.0543 e.